The van der Waals surface area contributed by atoms with Gasteiger partial charge in [0.15, 0.2) is 0 Å². The molecule has 0 aromatic rings. The van der Waals surface area contributed by atoms with E-state index in [1.165, 1.54) is 32.4 Å². The Kier molecular flexibility index (Phi) is 4.68. The molecule has 0 spiro atoms. The van der Waals surface area contributed by atoms with Crippen molar-refractivity contribution in [2.75, 3.05) is 19.7 Å². The molecule has 0 amide bonds. The highest BCUT2D eigenvalue weighted by atomic mass is 16.3. The van der Waals surface area contributed by atoms with Crippen LogP contribution in [0.3, 0.4) is 0 Å². The van der Waals surface area contributed by atoms with Crippen molar-refractivity contribution in [3.63, 3.8) is 0 Å². The van der Waals surface area contributed by atoms with Gasteiger partial charge in [-0.1, -0.05) is 20.8 Å². The number of nitrogens with one attached hydrogen (secondary N) is 1. The molecule has 3 unspecified atom stereocenters. The van der Waals surface area contributed by atoms with E-state index in [4.69, 9.17) is 0 Å². The van der Waals surface area contributed by atoms with Crippen LogP contribution in [0.5, 0.6) is 0 Å². The molecule has 2 fully saturated rings. The van der Waals surface area contributed by atoms with Gasteiger partial charge in [-0.2, -0.15) is 0 Å². The van der Waals surface area contributed by atoms with Crippen molar-refractivity contribution in [2.24, 2.45) is 5.92 Å². The Morgan fingerprint density at radius 1 is 1.39 bits per heavy atom. The van der Waals surface area contributed by atoms with Gasteiger partial charge in [0.05, 0.1) is 6.61 Å². The van der Waals surface area contributed by atoms with Crippen LogP contribution in [0.4, 0.5) is 0 Å². The summed E-state index contributed by atoms with van der Waals surface area (Å²) >= 11 is 0. The van der Waals surface area contributed by atoms with Crippen LogP contribution < -0.4 is 5.32 Å². The van der Waals surface area contributed by atoms with E-state index in [9.17, 15) is 5.11 Å². The van der Waals surface area contributed by atoms with Crippen LogP contribution in [0, 0.1) is 5.92 Å². The second kappa shape index (κ2) is 5.89. The molecule has 2 aliphatic rings. The Labute approximate surface area is 112 Å². The summed E-state index contributed by atoms with van der Waals surface area (Å²) in [7, 11) is 0. The first-order valence-electron chi connectivity index (χ1n) is 7.67. The van der Waals surface area contributed by atoms with Gasteiger partial charge >= 0.3 is 0 Å². The second-order valence-electron chi connectivity index (χ2n) is 6.88. The van der Waals surface area contributed by atoms with Crippen LogP contribution in [0.15, 0.2) is 0 Å². The lowest BCUT2D eigenvalue weighted by molar-refractivity contribution is 0.109. The lowest BCUT2D eigenvalue weighted by Gasteiger charge is -2.37. The third-order valence-electron chi connectivity index (χ3n) is 4.68. The van der Waals surface area contributed by atoms with Crippen LogP contribution in [-0.2, 0) is 0 Å². The van der Waals surface area contributed by atoms with E-state index in [1.807, 2.05) is 0 Å². The summed E-state index contributed by atoms with van der Waals surface area (Å²) in [5.41, 5.74) is -0.0144. The molecule has 3 atom stereocenters. The second-order valence-corrected chi connectivity index (χ2v) is 6.88. The van der Waals surface area contributed by atoms with Crippen molar-refractivity contribution < 1.29 is 5.11 Å². The maximum Gasteiger partial charge on any atom is 0.0614 e. The first-order valence-corrected chi connectivity index (χ1v) is 7.67. The normalized spacial score (nSPS) is 38.5. The van der Waals surface area contributed by atoms with E-state index in [0.29, 0.717) is 12.1 Å². The minimum Gasteiger partial charge on any atom is -0.394 e. The van der Waals surface area contributed by atoms with E-state index < -0.39 is 0 Å². The molecule has 1 saturated heterocycles. The van der Waals surface area contributed by atoms with Crippen molar-refractivity contribution in [3.05, 3.63) is 0 Å². The fourth-order valence-electron chi connectivity index (χ4n) is 3.90. The van der Waals surface area contributed by atoms with Crippen LogP contribution in [0.25, 0.3) is 0 Å². The van der Waals surface area contributed by atoms with Crippen LogP contribution in [-0.4, -0.2) is 47.3 Å². The van der Waals surface area contributed by atoms with Crippen molar-refractivity contribution in [1.29, 1.82) is 0 Å². The molecule has 1 heterocycles. The molecular weight excluding hydrogens is 224 g/mol. The Bertz CT molecular complexity index is 269. The molecule has 106 valence electrons. The molecular formula is C15H30N2O. The number of hydrogen-bond donors (Lipinski definition) is 2. The summed E-state index contributed by atoms with van der Waals surface area (Å²) in [4.78, 5) is 2.67. The highest BCUT2D eigenvalue weighted by Gasteiger charge is 2.41. The average Bonchev–Trinajstić information content (AvgIpc) is 2.73. The van der Waals surface area contributed by atoms with Crippen molar-refractivity contribution in [2.45, 2.75) is 70.5 Å². The molecule has 0 aromatic carbocycles. The zero-order valence-corrected chi connectivity index (χ0v) is 12.3. The predicted molar refractivity (Wildman–Crippen MR) is 75.7 cm³/mol. The average molecular weight is 254 g/mol. The van der Waals surface area contributed by atoms with Gasteiger partial charge in [-0.15, -0.1) is 0 Å². The van der Waals surface area contributed by atoms with Crippen LogP contribution >= 0.6 is 0 Å². The van der Waals surface area contributed by atoms with Crippen molar-refractivity contribution in [3.8, 4) is 0 Å². The summed E-state index contributed by atoms with van der Waals surface area (Å²) in [6.45, 7) is 9.52. The van der Waals surface area contributed by atoms with E-state index in [0.717, 1.165) is 18.8 Å². The quantitative estimate of drug-likeness (QED) is 0.805. The highest BCUT2D eigenvalue weighted by Crippen LogP contribution is 2.35. The summed E-state index contributed by atoms with van der Waals surface area (Å²) in [6.07, 6.45) is 6.22. The molecule has 0 aromatic heterocycles. The summed E-state index contributed by atoms with van der Waals surface area (Å²) in [5.74, 6) is 0.848. The molecule has 1 aliphatic heterocycles. The standard InChI is InChI=1S/C15H30N2O/c1-12(2)16-15(11-18)7-6-14(9-15)17-8-4-5-13(3)10-17/h12-14,16,18H,4-11H2,1-3H3. The Morgan fingerprint density at radius 2 is 2.17 bits per heavy atom. The molecule has 3 heteroatoms. The monoisotopic (exact) mass is 254 g/mol. The molecule has 3 nitrogen and oxygen atoms in total. The molecule has 1 saturated carbocycles. The zero-order chi connectivity index (χ0) is 13.2. The summed E-state index contributed by atoms with van der Waals surface area (Å²) < 4.78 is 0. The molecule has 2 N–H and O–H groups in total. The largest absolute Gasteiger partial charge is 0.394 e. The maximum absolute atomic E-state index is 9.75. The Hall–Kier alpha value is -0.120. The van der Waals surface area contributed by atoms with Gasteiger partial charge in [-0.25, -0.2) is 0 Å². The van der Waals surface area contributed by atoms with E-state index in [-0.39, 0.29) is 12.1 Å². The third kappa shape index (κ3) is 3.25. The molecule has 1 aliphatic carbocycles. The number of nitrogens with zero attached hydrogens (tertiary/aromatic N) is 1. The van der Waals surface area contributed by atoms with E-state index >= 15 is 0 Å². The van der Waals surface area contributed by atoms with Gasteiger partial charge < -0.3 is 15.3 Å². The minimum absolute atomic E-state index is 0.0144. The third-order valence-corrected chi connectivity index (χ3v) is 4.68. The number of likely N-dealkylation sites (tertiary alicyclic amines) is 1. The van der Waals surface area contributed by atoms with Crippen LogP contribution in [0.2, 0.25) is 0 Å². The number of hydrogen-bond acceptors (Lipinski definition) is 3. The summed E-state index contributed by atoms with van der Waals surface area (Å²) in [5, 5.41) is 13.4. The van der Waals surface area contributed by atoms with Gasteiger partial charge in [0.1, 0.15) is 0 Å². The van der Waals surface area contributed by atoms with E-state index in [2.05, 4.69) is 31.0 Å². The maximum atomic E-state index is 9.75. The first-order chi connectivity index (χ1) is 8.54. The van der Waals surface area contributed by atoms with Crippen molar-refractivity contribution in [1.82, 2.24) is 10.2 Å². The SMILES string of the molecule is CC1CCCN(C2CCC(CO)(NC(C)C)C2)C1. The van der Waals surface area contributed by atoms with Crippen LogP contribution in [0.1, 0.15) is 52.9 Å². The molecule has 0 radical (unpaired) electrons. The minimum atomic E-state index is -0.0144. The van der Waals surface area contributed by atoms with Gasteiger partial charge in [-0.3, -0.25) is 0 Å². The number of rotatable bonds is 4. The molecule has 18 heavy (non-hydrogen) atoms. The summed E-state index contributed by atoms with van der Waals surface area (Å²) in [6, 6.07) is 1.14. The fourth-order valence-corrected chi connectivity index (χ4v) is 3.90. The number of aliphatic hydroxyl groups excluding tert-OH is 1. The van der Waals surface area contributed by atoms with Gasteiger partial charge in [0, 0.05) is 24.2 Å². The number of piperidine rings is 1. The van der Waals surface area contributed by atoms with Gasteiger partial charge in [-0.05, 0) is 44.6 Å². The van der Waals surface area contributed by atoms with Crippen molar-refractivity contribution >= 4 is 0 Å². The lowest BCUT2D eigenvalue weighted by atomic mass is 9.95. The lowest BCUT2D eigenvalue weighted by Crippen LogP contribution is -2.51. The number of aliphatic hydroxyl groups is 1. The zero-order valence-electron chi connectivity index (χ0n) is 12.3. The van der Waals surface area contributed by atoms with Gasteiger partial charge in [0.25, 0.3) is 0 Å². The molecule has 0 bridgehead atoms. The van der Waals surface area contributed by atoms with Gasteiger partial charge in [0.2, 0.25) is 0 Å². The smallest absolute Gasteiger partial charge is 0.0614 e. The van der Waals surface area contributed by atoms with E-state index in [1.54, 1.807) is 0 Å². The topological polar surface area (TPSA) is 35.5 Å². The Morgan fingerprint density at radius 3 is 2.78 bits per heavy atom. The highest BCUT2D eigenvalue weighted by molar-refractivity contribution is 5.00. The first kappa shape index (κ1) is 14.3. The molecule has 2 rings (SSSR count). The predicted octanol–water partition coefficient (Wildman–Crippen LogP) is 2.00. The fraction of sp³-hybridized carbons (Fsp3) is 1.00. The Balaban J connectivity index is 1.93.